The Kier molecular flexibility index (Phi) is 6.67. The van der Waals surface area contributed by atoms with Crippen molar-refractivity contribution in [2.75, 3.05) is 19.5 Å². The van der Waals surface area contributed by atoms with Crippen molar-refractivity contribution in [1.82, 2.24) is 9.78 Å². The van der Waals surface area contributed by atoms with Crippen LogP contribution in [0.5, 0.6) is 11.5 Å². The molecule has 0 bridgehead atoms. The maximum absolute atomic E-state index is 13.0. The van der Waals surface area contributed by atoms with Crippen LogP contribution in [-0.4, -0.2) is 35.7 Å². The molecule has 158 valence electrons. The zero-order valence-corrected chi connectivity index (χ0v) is 17.5. The number of ether oxygens (including phenoxy) is 2. The average Bonchev–Trinajstić information content (AvgIpc) is 3.22. The van der Waals surface area contributed by atoms with Crippen LogP contribution in [0.25, 0.3) is 11.3 Å². The van der Waals surface area contributed by atoms with E-state index in [2.05, 4.69) is 16.5 Å². The predicted octanol–water partition coefficient (Wildman–Crippen LogP) is 3.94. The van der Waals surface area contributed by atoms with E-state index in [0.717, 1.165) is 0 Å². The van der Waals surface area contributed by atoms with Gasteiger partial charge in [0.2, 0.25) is 0 Å². The molecule has 31 heavy (non-hydrogen) atoms. The maximum atomic E-state index is 13.0. The summed E-state index contributed by atoms with van der Waals surface area (Å²) in [6.07, 6.45) is 1.88. The highest BCUT2D eigenvalue weighted by Gasteiger charge is 2.20. The topological polar surface area (TPSA) is 106 Å². The molecular weight excluding hydrogens is 396 g/mol. The molecule has 0 fully saturated rings. The normalized spacial score (nSPS) is 10.3. The van der Waals surface area contributed by atoms with Gasteiger partial charge >= 0.3 is 0 Å². The number of rotatable bonds is 8. The molecule has 0 unspecified atom stereocenters. The summed E-state index contributed by atoms with van der Waals surface area (Å²) in [5.41, 5.74) is 2.59. The molecule has 0 saturated carbocycles. The van der Waals surface area contributed by atoms with Crippen molar-refractivity contribution in [2.45, 2.75) is 19.9 Å². The number of nitrogens with zero attached hydrogens (tertiary/aromatic N) is 3. The molecule has 0 radical (unpaired) electrons. The highest BCUT2D eigenvalue weighted by Crippen LogP contribution is 2.33. The van der Waals surface area contributed by atoms with Crippen LogP contribution in [0.2, 0.25) is 0 Å². The largest absolute Gasteiger partial charge is 0.493 e. The number of methoxy groups -OCH3 is 2. The first-order chi connectivity index (χ1) is 15.0. The molecule has 8 nitrogen and oxygen atoms in total. The molecule has 0 atom stereocenters. The number of carbonyl (C=O) groups excluding carboxylic acids is 2. The van der Waals surface area contributed by atoms with Crippen LogP contribution in [0, 0.1) is 11.3 Å². The lowest BCUT2D eigenvalue weighted by Gasteiger charge is -2.10. The number of aromatic nitrogens is 2. The minimum absolute atomic E-state index is 0.0487. The average molecular weight is 418 g/mol. The Balaban J connectivity index is 1.96. The van der Waals surface area contributed by atoms with Gasteiger partial charge in [-0.25, -0.2) is 0 Å². The number of ketones is 1. The SMILES string of the molecule is COc1ccc(-c2nn(CCC#N)cc2C(=O)Nc2ccc(C(C)=O)cc2)cc1OC. The molecule has 0 saturated heterocycles. The van der Waals surface area contributed by atoms with Gasteiger partial charge in [-0.2, -0.15) is 10.4 Å². The molecule has 1 aromatic heterocycles. The molecule has 3 aromatic rings. The van der Waals surface area contributed by atoms with Crippen molar-refractivity contribution >= 4 is 17.4 Å². The fourth-order valence-corrected chi connectivity index (χ4v) is 3.05. The van der Waals surface area contributed by atoms with Crippen LogP contribution in [-0.2, 0) is 6.54 Å². The van der Waals surface area contributed by atoms with Crippen LogP contribution in [0.4, 0.5) is 5.69 Å². The Labute approximate surface area is 180 Å². The first-order valence-electron chi connectivity index (χ1n) is 9.56. The van der Waals surface area contributed by atoms with E-state index in [1.807, 2.05) is 0 Å². The van der Waals surface area contributed by atoms with Gasteiger partial charge in [0.05, 0.1) is 38.8 Å². The summed E-state index contributed by atoms with van der Waals surface area (Å²) in [5.74, 6) is 0.667. The summed E-state index contributed by atoms with van der Waals surface area (Å²) in [5, 5.41) is 16.2. The number of carbonyl (C=O) groups is 2. The molecule has 1 N–H and O–H groups in total. The van der Waals surface area contributed by atoms with Crippen molar-refractivity contribution in [1.29, 1.82) is 5.26 Å². The number of nitriles is 1. The van der Waals surface area contributed by atoms with Crippen molar-refractivity contribution in [3.8, 4) is 28.8 Å². The Morgan fingerprint density at radius 3 is 2.42 bits per heavy atom. The lowest BCUT2D eigenvalue weighted by molar-refractivity contribution is 0.101. The highest BCUT2D eigenvalue weighted by molar-refractivity contribution is 6.08. The second-order valence-electron chi connectivity index (χ2n) is 6.72. The molecular formula is C23H22N4O4. The standard InChI is InChI=1S/C23H22N4O4/c1-15(28)16-5-8-18(9-6-16)25-23(29)19-14-27(12-4-11-24)26-22(19)17-7-10-20(30-2)21(13-17)31-3/h5-10,13-14H,4,12H2,1-3H3,(H,25,29). The van der Waals surface area contributed by atoms with Gasteiger partial charge in [0.1, 0.15) is 5.69 Å². The van der Waals surface area contributed by atoms with Gasteiger partial charge < -0.3 is 14.8 Å². The van der Waals surface area contributed by atoms with E-state index in [1.165, 1.54) is 14.0 Å². The molecule has 3 rings (SSSR count). The van der Waals surface area contributed by atoms with Crippen LogP contribution in [0.3, 0.4) is 0 Å². The van der Waals surface area contributed by atoms with Gasteiger partial charge in [-0.1, -0.05) is 0 Å². The fourth-order valence-electron chi connectivity index (χ4n) is 3.05. The molecule has 0 aliphatic rings. The number of hydrogen-bond donors (Lipinski definition) is 1. The molecule has 1 amide bonds. The molecule has 8 heteroatoms. The van der Waals surface area contributed by atoms with E-state index < -0.39 is 0 Å². The van der Waals surface area contributed by atoms with E-state index in [0.29, 0.717) is 46.1 Å². The first kappa shape index (κ1) is 21.6. The van der Waals surface area contributed by atoms with Crippen LogP contribution < -0.4 is 14.8 Å². The summed E-state index contributed by atoms with van der Waals surface area (Å²) in [6, 6.07) is 14.0. The van der Waals surface area contributed by atoms with Crippen LogP contribution in [0.1, 0.15) is 34.1 Å². The number of Topliss-reactive ketones (excluding diaryl/α,β-unsaturated/α-hetero) is 1. The third-order valence-electron chi connectivity index (χ3n) is 4.67. The van der Waals surface area contributed by atoms with Gasteiger partial charge in [-0.05, 0) is 49.4 Å². The Morgan fingerprint density at radius 2 is 1.81 bits per heavy atom. The zero-order valence-electron chi connectivity index (χ0n) is 17.5. The van der Waals surface area contributed by atoms with Gasteiger partial charge in [-0.3, -0.25) is 14.3 Å². The van der Waals surface area contributed by atoms with E-state index in [1.54, 1.807) is 60.5 Å². The van der Waals surface area contributed by atoms with E-state index >= 15 is 0 Å². The third-order valence-corrected chi connectivity index (χ3v) is 4.67. The molecule has 0 spiro atoms. The summed E-state index contributed by atoms with van der Waals surface area (Å²) >= 11 is 0. The number of nitrogens with one attached hydrogen (secondary N) is 1. The van der Waals surface area contributed by atoms with Gasteiger partial charge in [0, 0.05) is 23.0 Å². The lowest BCUT2D eigenvalue weighted by Crippen LogP contribution is -2.12. The van der Waals surface area contributed by atoms with E-state index in [-0.39, 0.29) is 18.1 Å². The summed E-state index contributed by atoms with van der Waals surface area (Å²) in [6.45, 7) is 1.84. The first-order valence-corrected chi connectivity index (χ1v) is 9.56. The molecule has 1 heterocycles. The molecule has 0 aliphatic carbocycles. The smallest absolute Gasteiger partial charge is 0.259 e. The Bertz CT molecular complexity index is 1140. The van der Waals surface area contributed by atoms with Crippen LogP contribution in [0.15, 0.2) is 48.7 Å². The molecule has 2 aromatic carbocycles. The van der Waals surface area contributed by atoms with Crippen molar-refractivity contribution in [3.63, 3.8) is 0 Å². The highest BCUT2D eigenvalue weighted by atomic mass is 16.5. The Hall–Kier alpha value is -4.12. The number of aryl methyl sites for hydroxylation is 1. The summed E-state index contributed by atoms with van der Waals surface area (Å²) < 4.78 is 12.2. The number of hydrogen-bond acceptors (Lipinski definition) is 6. The minimum atomic E-state index is -0.358. The second-order valence-corrected chi connectivity index (χ2v) is 6.72. The zero-order chi connectivity index (χ0) is 22.4. The van der Waals surface area contributed by atoms with Crippen molar-refractivity contribution in [2.24, 2.45) is 0 Å². The van der Waals surface area contributed by atoms with Gasteiger partial charge in [0.25, 0.3) is 5.91 Å². The number of anilines is 1. The quantitative estimate of drug-likeness (QED) is 0.556. The van der Waals surface area contributed by atoms with Crippen molar-refractivity contribution < 1.29 is 19.1 Å². The number of amides is 1. The third kappa shape index (κ3) is 4.90. The monoisotopic (exact) mass is 418 g/mol. The van der Waals surface area contributed by atoms with Gasteiger partial charge in [0.15, 0.2) is 17.3 Å². The fraction of sp³-hybridized carbons (Fsp3) is 0.217. The Morgan fingerprint density at radius 1 is 1.10 bits per heavy atom. The second kappa shape index (κ2) is 9.59. The van der Waals surface area contributed by atoms with E-state index in [4.69, 9.17) is 14.7 Å². The summed E-state index contributed by atoms with van der Waals surface area (Å²) in [7, 11) is 3.08. The summed E-state index contributed by atoms with van der Waals surface area (Å²) in [4.78, 5) is 24.5. The van der Waals surface area contributed by atoms with Gasteiger partial charge in [-0.15, -0.1) is 0 Å². The predicted molar refractivity (Wildman–Crippen MR) is 115 cm³/mol. The number of benzene rings is 2. The lowest BCUT2D eigenvalue weighted by atomic mass is 10.1. The van der Waals surface area contributed by atoms with Crippen molar-refractivity contribution in [3.05, 3.63) is 59.8 Å². The van der Waals surface area contributed by atoms with Crippen LogP contribution >= 0.6 is 0 Å². The minimum Gasteiger partial charge on any atom is -0.493 e. The maximum Gasteiger partial charge on any atom is 0.259 e. The molecule has 0 aliphatic heterocycles. The van der Waals surface area contributed by atoms with E-state index in [9.17, 15) is 9.59 Å².